The average Bonchev–Trinajstić information content (AvgIpc) is 2.94. The number of likely N-dealkylation sites (N-methyl/N-ethyl adjacent to an activating group) is 1. The van der Waals surface area contributed by atoms with Crippen LogP contribution in [-0.2, 0) is 11.2 Å². The molecule has 6 nitrogen and oxygen atoms in total. The zero-order chi connectivity index (χ0) is 15.4. The summed E-state index contributed by atoms with van der Waals surface area (Å²) in [5.74, 6) is 1.31. The molecule has 21 heavy (non-hydrogen) atoms. The van der Waals surface area contributed by atoms with Gasteiger partial charge in [-0.05, 0) is 19.4 Å². The molecule has 2 aromatic rings. The van der Waals surface area contributed by atoms with Gasteiger partial charge in [-0.1, -0.05) is 6.92 Å². The summed E-state index contributed by atoms with van der Waals surface area (Å²) in [7, 11) is 3.58. The molecule has 0 saturated heterocycles. The Hall–Kier alpha value is -1.89. The summed E-state index contributed by atoms with van der Waals surface area (Å²) in [6.07, 6.45) is 0.965. The Balaban J connectivity index is 2.28. The molecule has 2 aromatic heterocycles. The second-order valence-electron chi connectivity index (χ2n) is 4.69. The second-order valence-corrected chi connectivity index (χ2v) is 5.81. The maximum atomic E-state index is 11.9. The summed E-state index contributed by atoms with van der Waals surface area (Å²) < 4.78 is 0. The fraction of sp³-hybridized carbons (Fsp3) is 0.500. The Morgan fingerprint density at radius 2 is 2.14 bits per heavy atom. The maximum Gasteiger partial charge on any atom is 0.241 e. The largest absolute Gasteiger partial charge is 0.360 e. The number of anilines is 2. The molecule has 2 heterocycles. The highest BCUT2D eigenvalue weighted by molar-refractivity contribution is 7.18. The van der Waals surface area contributed by atoms with Gasteiger partial charge in [0.25, 0.3) is 0 Å². The summed E-state index contributed by atoms with van der Waals surface area (Å²) in [6, 6.07) is 2.09. The number of thiophene rings is 1. The van der Waals surface area contributed by atoms with Crippen LogP contribution in [0.1, 0.15) is 18.7 Å². The highest BCUT2D eigenvalue weighted by atomic mass is 32.1. The van der Waals surface area contributed by atoms with Crippen molar-refractivity contribution in [2.45, 2.75) is 20.3 Å². The normalized spacial score (nSPS) is 10.7. The third-order valence-electron chi connectivity index (χ3n) is 3.32. The standard InChI is InChI=1S/C14H21N5OS/c1-5-9-7-10-12(16-8-11(20)19(4)6-2)17-14(15-3)18-13(10)21-9/h7H,5-6,8H2,1-4H3,(H2,15,16,17,18). The van der Waals surface area contributed by atoms with E-state index in [9.17, 15) is 4.79 Å². The molecular formula is C14H21N5OS. The van der Waals surface area contributed by atoms with Crippen molar-refractivity contribution < 1.29 is 4.79 Å². The van der Waals surface area contributed by atoms with Gasteiger partial charge in [-0.2, -0.15) is 4.98 Å². The Morgan fingerprint density at radius 3 is 2.76 bits per heavy atom. The first-order valence-corrected chi connectivity index (χ1v) is 7.86. The number of fused-ring (bicyclic) bond motifs is 1. The van der Waals surface area contributed by atoms with E-state index in [1.54, 1.807) is 30.3 Å². The van der Waals surface area contributed by atoms with E-state index in [0.717, 1.165) is 16.6 Å². The number of hydrogen-bond acceptors (Lipinski definition) is 6. The lowest BCUT2D eigenvalue weighted by molar-refractivity contribution is -0.127. The minimum atomic E-state index is 0.0428. The molecule has 0 unspecified atom stereocenters. The number of carbonyl (C=O) groups is 1. The number of carbonyl (C=O) groups excluding carboxylic acids is 1. The van der Waals surface area contributed by atoms with Gasteiger partial charge in [0.15, 0.2) is 0 Å². The summed E-state index contributed by atoms with van der Waals surface area (Å²) in [5, 5.41) is 7.07. The lowest BCUT2D eigenvalue weighted by Crippen LogP contribution is -2.32. The summed E-state index contributed by atoms with van der Waals surface area (Å²) in [5.41, 5.74) is 0. The Labute approximate surface area is 128 Å². The zero-order valence-corrected chi connectivity index (χ0v) is 13.7. The third-order valence-corrected chi connectivity index (χ3v) is 4.50. The molecule has 0 fully saturated rings. The van der Waals surface area contributed by atoms with Crippen molar-refractivity contribution in [3.63, 3.8) is 0 Å². The van der Waals surface area contributed by atoms with Gasteiger partial charge in [0, 0.05) is 25.5 Å². The Bertz CT molecular complexity index is 640. The first-order valence-electron chi connectivity index (χ1n) is 7.05. The first-order chi connectivity index (χ1) is 10.1. The summed E-state index contributed by atoms with van der Waals surface area (Å²) in [4.78, 5) is 24.7. The van der Waals surface area contributed by atoms with Crippen LogP contribution in [0.15, 0.2) is 6.07 Å². The molecule has 1 amide bonds. The average molecular weight is 307 g/mol. The van der Waals surface area contributed by atoms with E-state index in [0.29, 0.717) is 18.3 Å². The number of nitrogens with zero attached hydrogens (tertiary/aromatic N) is 3. The molecule has 2 rings (SSSR count). The quantitative estimate of drug-likeness (QED) is 0.856. The lowest BCUT2D eigenvalue weighted by atomic mass is 10.3. The van der Waals surface area contributed by atoms with Crippen LogP contribution in [0.3, 0.4) is 0 Å². The number of aromatic nitrogens is 2. The Kier molecular flexibility index (Phi) is 4.95. The highest BCUT2D eigenvalue weighted by Gasteiger charge is 2.13. The second kappa shape index (κ2) is 6.71. The highest BCUT2D eigenvalue weighted by Crippen LogP contribution is 2.30. The van der Waals surface area contributed by atoms with Gasteiger partial charge in [-0.25, -0.2) is 4.98 Å². The fourth-order valence-electron chi connectivity index (χ4n) is 1.86. The molecule has 0 spiro atoms. The number of amides is 1. The molecule has 0 aliphatic carbocycles. The van der Waals surface area contributed by atoms with Gasteiger partial charge in [0.2, 0.25) is 11.9 Å². The molecule has 0 aliphatic rings. The van der Waals surface area contributed by atoms with Crippen LogP contribution in [-0.4, -0.2) is 48.0 Å². The SMILES string of the molecule is CCc1cc2c(NCC(=O)N(C)CC)nc(NC)nc2s1. The van der Waals surface area contributed by atoms with E-state index >= 15 is 0 Å². The molecule has 0 saturated carbocycles. The minimum Gasteiger partial charge on any atom is -0.360 e. The van der Waals surface area contributed by atoms with E-state index in [4.69, 9.17) is 0 Å². The van der Waals surface area contributed by atoms with Crippen molar-refractivity contribution in [2.24, 2.45) is 0 Å². The van der Waals surface area contributed by atoms with Crippen molar-refractivity contribution >= 4 is 39.2 Å². The van der Waals surface area contributed by atoms with Gasteiger partial charge in [0.1, 0.15) is 10.6 Å². The van der Waals surface area contributed by atoms with E-state index < -0.39 is 0 Å². The molecule has 2 N–H and O–H groups in total. The number of aryl methyl sites for hydroxylation is 1. The van der Waals surface area contributed by atoms with E-state index in [2.05, 4.69) is 33.6 Å². The van der Waals surface area contributed by atoms with Crippen LogP contribution in [0.25, 0.3) is 10.2 Å². The van der Waals surface area contributed by atoms with E-state index in [-0.39, 0.29) is 12.5 Å². The molecule has 7 heteroatoms. The zero-order valence-electron chi connectivity index (χ0n) is 12.9. The predicted octanol–water partition coefficient (Wildman–Crippen LogP) is 2.19. The molecule has 0 radical (unpaired) electrons. The molecule has 0 aliphatic heterocycles. The van der Waals surface area contributed by atoms with Gasteiger partial charge < -0.3 is 15.5 Å². The van der Waals surface area contributed by atoms with Crippen LogP contribution in [0, 0.1) is 0 Å². The van der Waals surface area contributed by atoms with Crippen molar-refractivity contribution in [2.75, 3.05) is 37.8 Å². The van der Waals surface area contributed by atoms with Crippen LogP contribution in [0.4, 0.5) is 11.8 Å². The van der Waals surface area contributed by atoms with Crippen molar-refractivity contribution in [3.8, 4) is 0 Å². The van der Waals surface area contributed by atoms with Crippen molar-refractivity contribution in [1.29, 1.82) is 0 Å². The molecule has 114 valence electrons. The number of hydrogen-bond donors (Lipinski definition) is 2. The van der Waals surface area contributed by atoms with Crippen LogP contribution >= 0.6 is 11.3 Å². The van der Waals surface area contributed by atoms with E-state index in [1.165, 1.54) is 4.88 Å². The van der Waals surface area contributed by atoms with Gasteiger partial charge in [0.05, 0.1) is 11.9 Å². The van der Waals surface area contributed by atoms with Gasteiger partial charge in [-0.3, -0.25) is 4.79 Å². The van der Waals surface area contributed by atoms with Crippen molar-refractivity contribution in [3.05, 3.63) is 10.9 Å². The lowest BCUT2D eigenvalue weighted by Gasteiger charge is -2.15. The Morgan fingerprint density at radius 1 is 1.38 bits per heavy atom. The smallest absolute Gasteiger partial charge is 0.241 e. The summed E-state index contributed by atoms with van der Waals surface area (Å²) in [6.45, 7) is 4.99. The number of nitrogens with one attached hydrogen (secondary N) is 2. The third kappa shape index (κ3) is 3.41. The monoisotopic (exact) mass is 307 g/mol. The molecule has 0 aromatic carbocycles. The van der Waals surface area contributed by atoms with Gasteiger partial charge >= 0.3 is 0 Å². The molecular weight excluding hydrogens is 286 g/mol. The minimum absolute atomic E-state index is 0.0428. The summed E-state index contributed by atoms with van der Waals surface area (Å²) >= 11 is 1.66. The van der Waals surface area contributed by atoms with E-state index in [1.807, 2.05) is 6.92 Å². The number of rotatable bonds is 6. The fourth-order valence-corrected chi connectivity index (χ4v) is 2.83. The van der Waals surface area contributed by atoms with Gasteiger partial charge in [-0.15, -0.1) is 11.3 Å². The first kappa shape index (κ1) is 15.5. The van der Waals surface area contributed by atoms with Crippen molar-refractivity contribution in [1.82, 2.24) is 14.9 Å². The van der Waals surface area contributed by atoms with Crippen LogP contribution in [0.5, 0.6) is 0 Å². The molecule has 0 atom stereocenters. The van der Waals surface area contributed by atoms with Crippen LogP contribution < -0.4 is 10.6 Å². The van der Waals surface area contributed by atoms with Crippen LogP contribution in [0.2, 0.25) is 0 Å². The molecule has 0 bridgehead atoms. The predicted molar refractivity (Wildman–Crippen MR) is 88.1 cm³/mol. The maximum absolute atomic E-state index is 11.9. The topological polar surface area (TPSA) is 70.2 Å².